The first kappa shape index (κ1) is 12.2. The summed E-state index contributed by atoms with van der Waals surface area (Å²) in [6.07, 6.45) is 0. The van der Waals surface area contributed by atoms with Crippen molar-refractivity contribution in [2.24, 2.45) is 0 Å². The van der Waals surface area contributed by atoms with Gasteiger partial charge in [-0.05, 0) is 18.2 Å². The Morgan fingerprint density at radius 3 is 2.56 bits per heavy atom. The van der Waals surface area contributed by atoms with Crippen LogP contribution in [0.3, 0.4) is 0 Å². The second kappa shape index (κ2) is 5.89. The van der Waals surface area contributed by atoms with E-state index in [2.05, 4.69) is 50.0 Å². The summed E-state index contributed by atoms with van der Waals surface area (Å²) in [5, 5.41) is 0. The summed E-state index contributed by atoms with van der Waals surface area (Å²) in [7, 11) is 0. The summed E-state index contributed by atoms with van der Waals surface area (Å²) in [5.74, 6) is 0.733. The van der Waals surface area contributed by atoms with Crippen molar-refractivity contribution < 1.29 is 0 Å². The molecule has 2 nitrogen and oxygen atoms in total. The molecule has 4 heteroatoms. The number of alkyl halides is 1. The number of piperazine rings is 1. The average molecular weight is 304 g/mol. The van der Waals surface area contributed by atoms with Gasteiger partial charge in [-0.2, -0.15) is 0 Å². The zero-order valence-corrected chi connectivity index (χ0v) is 11.5. The van der Waals surface area contributed by atoms with Gasteiger partial charge in [-0.15, -0.1) is 11.6 Å². The molecule has 0 aliphatic carbocycles. The van der Waals surface area contributed by atoms with Gasteiger partial charge in [-0.1, -0.05) is 22.0 Å². The Kier molecular flexibility index (Phi) is 4.50. The minimum atomic E-state index is 0.733. The standard InChI is InChI=1S/C12H16BrClN2/c13-11-2-1-3-12(10-11)16-8-6-15(5-4-14)7-9-16/h1-3,10H,4-9H2. The lowest BCUT2D eigenvalue weighted by Gasteiger charge is -2.35. The molecule has 0 bridgehead atoms. The molecule has 0 radical (unpaired) electrons. The molecule has 16 heavy (non-hydrogen) atoms. The quantitative estimate of drug-likeness (QED) is 0.792. The van der Waals surface area contributed by atoms with Crippen LogP contribution in [0, 0.1) is 0 Å². The van der Waals surface area contributed by atoms with E-state index in [1.807, 2.05) is 0 Å². The molecule has 0 saturated carbocycles. The van der Waals surface area contributed by atoms with E-state index in [9.17, 15) is 0 Å². The third kappa shape index (κ3) is 3.12. The van der Waals surface area contributed by atoms with Gasteiger partial charge in [-0.25, -0.2) is 0 Å². The number of hydrogen-bond donors (Lipinski definition) is 0. The first-order valence-electron chi connectivity index (χ1n) is 5.58. The fourth-order valence-corrected chi connectivity index (χ4v) is 2.65. The second-order valence-electron chi connectivity index (χ2n) is 4.00. The number of halogens is 2. The Morgan fingerprint density at radius 1 is 1.19 bits per heavy atom. The molecule has 0 aromatic heterocycles. The van der Waals surface area contributed by atoms with E-state index in [0.29, 0.717) is 0 Å². The first-order chi connectivity index (χ1) is 7.79. The molecule has 0 atom stereocenters. The fraction of sp³-hybridized carbons (Fsp3) is 0.500. The largest absolute Gasteiger partial charge is 0.369 e. The van der Waals surface area contributed by atoms with Gasteiger partial charge < -0.3 is 4.90 Å². The minimum absolute atomic E-state index is 0.733. The zero-order valence-electron chi connectivity index (χ0n) is 9.20. The molecule has 1 saturated heterocycles. The van der Waals surface area contributed by atoms with Gasteiger partial charge in [0.2, 0.25) is 0 Å². The third-order valence-electron chi connectivity index (χ3n) is 2.95. The van der Waals surface area contributed by atoms with Gasteiger partial charge in [0.15, 0.2) is 0 Å². The van der Waals surface area contributed by atoms with E-state index in [1.165, 1.54) is 5.69 Å². The van der Waals surface area contributed by atoms with Crippen molar-refractivity contribution in [1.29, 1.82) is 0 Å². The average Bonchev–Trinajstić information content (AvgIpc) is 2.30. The van der Waals surface area contributed by atoms with Gasteiger partial charge in [0, 0.05) is 48.8 Å². The van der Waals surface area contributed by atoms with E-state index in [-0.39, 0.29) is 0 Å². The molecule has 0 unspecified atom stereocenters. The lowest BCUT2D eigenvalue weighted by atomic mass is 10.2. The summed E-state index contributed by atoms with van der Waals surface area (Å²) in [6, 6.07) is 8.50. The van der Waals surface area contributed by atoms with Crippen molar-refractivity contribution in [3.8, 4) is 0 Å². The summed E-state index contributed by atoms with van der Waals surface area (Å²) in [4.78, 5) is 4.84. The topological polar surface area (TPSA) is 6.48 Å². The van der Waals surface area contributed by atoms with Crippen molar-refractivity contribution >= 4 is 33.2 Å². The molecule has 1 aromatic carbocycles. The van der Waals surface area contributed by atoms with Gasteiger partial charge in [0.05, 0.1) is 0 Å². The molecule has 1 aliphatic heterocycles. The van der Waals surface area contributed by atoms with Crippen molar-refractivity contribution in [3.05, 3.63) is 28.7 Å². The number of benzene rings is 1. The van der Waals surface area contributed by atoms with Gasteiger partial charge >= 0.3 is 0 Å². The lowest BCUT2D eigenvalue weighted by Crippen LogP contribution is -2.46. The van der Waals surface area contributed by atoms with Crippen LogP contribution in [-0.2, 0) is 0 Å². The lowest BCUT2D eigenvalue weighted by molar-refractivity contribution is 0.272. The molecular weight excluding hydrogens is 288 g/mol. The zero-order chi connectivity index (χ0) is 11.4. The Balaban J connectivity index is 1.94. The molecule has 1 aliphatic rings. The molecule has 0 N–H and O–H groups in total. The van der Waals surface area contributed by atoms with Crippen molar-refractivity contribution in [2.75, 3.05) is 43.5 Å². The first-order valence-corrected chi connectivity index (χ1v) is 6.91. The highest BCUT2D eigenvalue weighted by molar-refractivity contribution is 9.10. The third-order valence-corrected chi connectivity index (χ3v) is 3.61. The van der Waals surface area contributed by atoms with Crippen LogP contribution in [-0.4, -0.2) is 43.5 Å². The molecule has 1 fully saturated rings. The Bertz CT molecular complexity index is 338. The van der Waals surface area contributed by atoms with Crippen LogP contribution in [0.5, 0.6) is 0 Å². The maximum Gasteiger partial charge on any atom is 0.0378 e. The predicted molar refractivity (Wildman–Crippen MR) is 73.5 cm³/mol. The Hall–Kier alpha value is -0.250. The van der Waals surface area contributed by atoms with Crippen LogP contribution in [0.4, 0.5) is 5.69 Å². The summed E-state index contributed by atoms with van der Waals surface area (Å²) in [6.45, 7) is 5.41. The smallest absolute Gasteiger partial charge is 0.0378 e. The van der Waals surface area contributed by atoms with Gasteiger partial charge in [0.25, 0.3) is 0 Å². The number of anilines is 1. The monoisotopic (exact) mass is 302 g/mol. The van der Waals surface area contributed by atoms with Crippen molar-refractivity contribution in [2.45, 2.75) is 0 Å². The normalized spacial score (nSPS) is 17.8. The molecule has 1 aromatic rings. The maximum absolute atomic E-state index is 5.75. The van der Waals surface area contributed by atoms with Crippen molar-refractivity contribution in [1.82, 2.24) is 4.90 Å². The fourth-order valence-electron chi connectivity index (χ4n) is 2.02. The Morgan fingerprint density at radius 2 is 1.94 bits per heavy atom. The van der Waals surface area contributed by atoms with Gasteiger partial charge in [0.1, 0.15) is 0 Å². The van der Waals surface area contributed by atoms with Crippen LogP contribution < -0.4 is 4.90 Å². The molecule has 0 amide bonds. The van der Waals surface area contributed by atoms with E-state index >= 15 is 0 Å². The molecular formula is C12H16BrClN2. The highest BCUT2D eigenvalue weighted by Gasteiger charge is 2.16. The second-order valence-corrected chi connectivity index (χ2v) is 5.29. The van der Waals surface area contributed by atoms with Crippen molar-refractivity contribution in [3.63, 3.8) is 0 Å². The Labute approximate surface area is 110 Å². The minimum Gasteiger partial charge on any atom is -0.369 e. The number of rotatable bonds is 3. The van der Waals surface area contributed by atoms with E-state index in [1.54, 1.807) is 0 Å². The van der Waals surface area contributed by atoms with Gasteiger partial charge in [-0.3, -0.25) is 4.90 Å². The number of nitrogens with zero attached hydrogens (tertiary/aromatic N) is 2. The molecule has 88 valence electrons. The SMILES string of the molecule is ClCCN1CCN(c2cccc(Br)c2)CC1. The molecule has 1 heterocycles. The van der Waals surface area contributed by atoms with Crippen LogP contribution in [0.25, 0.3) is 0 Å². The van der Waals surface area contributed by atoms with Crippen LogP contribution in [0.2, 0.25) is 0 Å². The summed E-state index contributed by atoms with van der Waals surface area (Å²) >= 11 is 9.26. The highest BCUT2D eigenvalue weighted by atomic mass is 79.9. The number of hydrogen-bond acceptors (Lipinski definition) is 2. The van der Waals surface area contributed by atoms with E-state index in [4.69, 9.17) is 11.6 Å². The van der Waals surface area contributed by atoms with E-state index in [0.717, 1.165) is 43.1 Å². The van der Waals surface area contributed by atoms with Crippen LogP contribution in [0.15, 0.2) is 28.7 Å². The molecule has 0 spiro atoms. The summed E-state index contributed by atoms with van der Waals surface area (Å²) in [5.41, 5.74) is 1.31. The molecule has 2 rings (SSSR count). The van der Waals surface area contributed by atoms with E-state index < -0.39 is 0 Å². The van der Waals surface area contributed by atoms with Crippen LogP contribution in [0.1, 0.15) is 0 Å². The predicted octanol–water partition coefficient (Wildman–Crippen LogP) is 2.81. The van der Waals surface area contributed by atoms with Crippen LogP contribution >= 0.6 is 27.5 Å². The highest BCUT2D eigenvalue weighted by Crippen LogP contribution is 2.20. The summed E-state index contributed by atoms with van der Waals surface area (Å²) < 4.78 is 1.15. The maximum atomic E-state index is 5.75.